The molecule has 0 saturated heterocycles. The summed E-state index contributed by atoms with van der Waals surface area (Å²) in [6, 6.07) is 6.94. The minimum Gasteiger partial charge on any atom is -0.349 e. The lowest BCUT2D eigenvalue weighted by Gasteiger charge is -2.57. The second-order valence-electron chi connectivity index (χ2n) is 9.03. The highest BCUT2D eigenvalue weighted by molar-refractivity contribution is 6.10. The third-order valence-electron chi connectivity index (χ3n) is 7.17. The van der Waals surface area contributed by atoms with Crippen LogP contribution in [0.15, 0.2) is 30.8 Å². The number of amides is 2. The van der Waals surface area contributed by atoms with Crippen molar-refractivity contribution in [2.24, 2.45) is 17.8 Å². The molecule has 4 heteroatoms. The average Bonchev–Trinajstić information content (AvgIpc) is 2.84. The van der Waals surface area contributed by atoms with Gasteiger partial charge in [-0.2, -0.15) is 0 Å². The Bertz CT molecular complexity index is 742. The van der Waals surface area contributed by atoms with Crippen LogP contribution in [0.2, 0.25) is 0 Å². The Morgan fingerprint density at radius 3 is 2.19 bits per heavy atom. The SMILES string of the molecule is C=C1c2ccccc2C(=O)N1C(C)C(=O)NC12CC3CC(CC(C3)C1)C2. The smallest absolute Gasteiger partial charge is 0.259 e. The highest BCUT2D eigenvalue weighted by atomic mass is 16.2. The maximum Gasteiger partial charge on any atom is 0.259 e. The molecular formula is C22H26N2O2. The number of carbonyl (C=O) groups is 2. The summed E-state index contributed by atoms with van der Waals surface area (Å²) in [6.45, 7) is 5.91. The van der Waals surface area contributed by atoms with Crippen LogP contribution in [0.1, 0.15) is 61.4 Å². The molecule has 0 radical (unpaired) electrons. The summed E-state index contributed by atoms with van der Waals surface area (Å²) in [6.07, 6.45) is 7.40. The Morgan fingerprint density at radius 2 is 1.65 bits per heavy atom. The number of nitrogens with one attached hydrogen (secondary N) is 1. The maximum atomic E-state index is 13.1. The van der Waals surface area contributed by atoms with Gasteiger partial charge in [-0.05, 0) is 69.3 Å². The van der Waals surface area contributed by atoms with Crippen molar-refractivity contribution in [3.05, 3.63) is 42.0 Å². The van der Waals surface area contributed by atoms with E-state index in [9.17, 15) is 9.59 Å². The van der Waals surface area contributed by atoms with Crippen LogP contribution >= 0.6 is 0 Å². The summed E-state index contributed by atoms with van der Waals surface area (Å²) in [5.41, 5.74) is 2.09. The molecule has 1 N–H and O–H groups in total. The molecule has 4 saturated carbocycles. The van der Waals surface area contributed by atoms with E-state index in [2.05, 4.69) is 11.9 Å². The molecule has 1 aromatic carbocycles. The van der Waals surface area contributed by atoms with Gasteiger partial charge in [0.2, 0.25) is 5.91 Å². The van der Waals surface area contributed by atoms with Crippen LogP contribution in [-0.4, -0.2) is 28.3 Å². The lowest BCUT2D eigenvalue weighted by Crippen LogP contribution is -2.62. The Labute approximate surface area is 154 Å². The van der Waals surface area contributed by atoms with Crippen molar-refractivity contribution in [2.75, 3.05) is 0 Å². The van der Waals surface area contributed by atoms with Crippen molar-refractivity contribution in [2.45, 2.75) is 57.0 Å². The molecule has 4 nitrogen and oxygen atoms in total. The van der Waals surface area contributed by atoms with Crippen molar-refractivity contribution in [3.8, 4) is 0 Å². The van der Waals surface area contributed by atoms with E-state index >= 15 is 0 Å². The Kier molecular flexibility index (Phi) is 3.37. The lowest BCUT2D eigenvalue weighted by molar-refractivity contribution is -0.130. The number of benzene rings is 1. The van der Waals surface area contributed by atoms with Crippen molar-refractivity contribution in [1.29, 1.82) is 0 Å². The summed E-state index contributed by atoms with van der Waals surface area (Å²) in [5.74, 6) is 2.20. The second kappa shape index (κ2) is 5.45. The first-order chi connectivity index (χ1) is 12.5. The van der Waals surface area contributed by atoms with Crippen molar-refractivity contribution in [3.63, 3.8) is 0 Å². The zero-order valence-corrected chi connectivity index (χ0v) is 15.3. The van der Waals surface area contributed by atoms with E-state index in [1.54, 1.807) is 4.90 Å². The minimum atomic E-state index is -0.532. The van der Waals surface area contributed by atoms with E-state index in [-0.39, 0.29) is 17.4 Å². The van der Waals surface area contributed by atoms with Crippen LogP contribution in [0, 0.1) is 17.8 Å². The molecule has 1 unspecified atom stereocenters. The quantitative estimate of drug-likeness (QED) is 0.906. The van der Waals surface area contributed by atoms with Gasteiger partial charge in [-0.3, -0.25) is 14.5 Å². The summed E-state index contributed by atoms with van der Waals surface area (Å²) in [5, 5.41) is 3.40. The summed E-state index contributed by atoms with van der Waals surface area (Å²) < 4.78 is 0. The number of hydrogen-bond donors (Lipinski definition) is 1. The fraction of sp³-hybridized carbons (Fsp3) is 0.545. The van der Waals surface area contributed by atoms with E-state index < -0.39 is 6.04 Å². The first kappa shape index (κ1) is 16.1. The third kappa shape index (κ3) is 2.27. The molecule has 0 spiro atoms. The number of hydrogen-bond acceptors (Lipinski definition) is 2. The second-order valence-corrected chi connectivity index (χ2v) is 9.03. The normalized spacial score (nSPS) is 35.6. The van der Waals surface area contributed by atoms with Crippen LogP contribution in [0.3, 0.4) is 0 Å². The standard InChI is InChI=1S/C22H26N2O2/c1-13-18-5-3-4-6-19(18)21(26)24(13)14(2)20(25)23-22-10-15-7-16(11-22)9-17(8-15)12-22/h3-6,14-17H,1,7-12H2,2H3,(H,23,25). The molecule has 2 amide bonds. The van der Waals surface area contributed by atoms with Crippen LogP contribution in [-0.2, 0) is 4.79 Å². The van der Waals surface area contributed by atoms with Crippen LogP contribution in [0.25, 0.3) is 5.70 Å². The van der Waals surface area contributed by atoms with Gasteiger partial charge < -0.3 is 5.32 Å². The predicted octanol–water partition coefficient (Wildman–Crippen LogP) is 3.59. The van der Waals surface area contributed by atoms with Crippen molar-refractivity contribution in [1.82, 2.24) is 10.2 Å². The van der Waals surface area contributed by atoms with E-state index in [1.165, 1.54) is 19.3 Å². The molecule has 1 atom stereocenters. The monoisotopic (exact) mass is 350 g/mol. The topological polar surface area (TPSA) is 49.4 Å². The molecule has 4 aliphatic carbocycles. The molecule has 6 rings (SSSR count). The Hall–Kier alpha value is -2.10. The van der Waals surface area contributed by atoms with Gasteiger partial charge in [0, 0.05) is 22.4 Å². The van der Waals surface area contributed by atoms with E-state index in [4.69, 9.17) is 0 Å². The van der Waals surface area contributed by atoms with Gasteiger partial charge in [-0.15, -0.1) is 0 Å². The van der Waals surface area contributed by atoms with Gasteiger partial charge in [0.05, 0.1) is 0 Å². The third-order valence-corrected chi connectivity index (χ3v) is 7.17. The van der Waals surface area contributed by atoms with Gasteiger partial charge in [-0.25, -0.2) is 0 Å². The van der Waals surface area contributed by atoms with E-state index in [0.717, 1.165) is 42.6 Å². The Balaban J connectivity index is 1.35. The summed E-state index contributed by atoms with van der Waals surface area (Å²) in [7, 11) is 0. The molecule has 26 heavy (non-hydrogen) atoms. The molecule has 0 aromatic heterocycles. The van der Waals surface area contributed by atoms with Crippen molar-refractivity contribution >= 4 is 17.5 Å². The van der Waals surface area contributed by atoms with Crippen LogP contribution in [0.5, 0.6) is 0 Å². The summed E-state index contributed by atoms with van der Waals surface area (Å²) >= 11 is 0. The molecule has 4 fully saturated rings. The maximum absolute atomic E-state index is 13.1. The highest BCUT2D eigenvalue weighted by Gasteiger charge is 2.52. The predicted molar refractivity (Wildman–Crippen MR) is 100 cm³/mol. The molecule has 5 aliphatic rings. The zero-order chi connectivity index (χ0) is 18.1. The first-order valence-electron chi connectivity index (χ1n) is 9.90. The Morgan fingerprint density at radius 1 is 1.12 bits per heavy atom. The number of rotatable bonds is 3. The van der Waals surface area contributed by atoms with Gasteiger partial charge in [0.25, 0.3) is 5.91 Å². The lowest BCUT2D eigenvalue weighted by atomic mass is 9.53. The number of nitrogens with zero attached hydrogens (tertiary/aromatic N) is 1. The van der Waals surface area contributed by atoms with Gasteiger partial charge in [-0.1, -0.05) is 24.8 Å². The fourth-order valence-corrected chi connectivity index (χ4v) is 6.46. The molecule has 1 heterocycles. The molecule has 4 bridgehead atoms. The van der Waals surface area contributed by atoms with E-state index in [0.29, 0.717) is 11.3 Å². The zero-order valence-electron chi connectivity index (χ0n) is 15.3. The van der Waals surface area contributed by atoms with Crippen LogP contribution < -0.4 is 5.32 Å². The molecular weight excluding hydrogens is 324 g/mol. The number of fused-ring (bicyclic) bond motifs is 1. The molecule has 1 aliphatic heterocycles. The van der Waals surface area contributed by atoms with Crippen molar-refractivity contribution < 1.29 is 9.59 Å². The number of carbonyl (C=O) groups excluding carboxylic acids is 2. The fourth-order valence-electron chi connectivity index (χ4n) is 6.46. The summed E-state index contributed by atoms with van der Waals surface area (Å²) in [4.78, 5) is 27.5. The minimum absolute atomic E-state index is 0.0307. The first-order valence-corrected chi connectivity index (χ1v) is 9.90. The van der Waals surface area contributed by atoms with Crippen LogP contribution in [0.4, 0.5) is 0 Å². The average molecular weight is 350 g/mol. The van der Waals surface area contributed by atoms with Gasteiger partial charge in [0.15, 0.2) is 0 Å². The molecule has 136 valence electrons. The van der Waals surface area contributed by atoms with E-state index in [1.807, 2.05) is 31.2 Å². The molecule has 1 aromatic rings. The van der Waals surface area contributed by atoms with Gasteiger partial charge in [0.1, 0.15) is 6.04 Å². The largest absolute Gasteiger partial charge is 0.349 e. The highest BCUT2D eigenvalue weighted by Crippen LogP contribution is 2.55. The van der Waals surface area contributed by atoms with Gasteiger partial charge >= 0.3 is 0 Å².